The van der Waals surface area contributed by atoms with Crippen molar-refractivity contribution >= 4 is 10.8 Å². The molecule has 170 valence electrons. The second-order valence-electron chi connectivity index (χ2n) is 8.16. The Hall–Kier alpha value is -0.0100. The van der Waals surface area contributed by atoms with Gasteiger partial charge in [-0.25, -0.2) is 0 Å². The molecule has 0 fully saturated rings. The Labute approximate surface area is 175 Å². The normalized spacial score (nSPS) is 17.2. The highest BCUT2D eigenvalue weighted by Crippen LogP contribution is 2.13. The van der Waals surface area contributed by atoms with E-state index < -0.39 is 35.2 Å². The van der Waals surface area contributed by atoms with Crippen molar-refractivity contribution in [3.05, 3.63) is 0 Å². The number of rotatable bonds is 20. The zero-order valence-electron chi connectivity index (χ0n) is 18.2. The molecule has 4 unspecified atom stereocenters. The Kier molecular flexibility index (Phi) is 19.0. The van der Waals surface area contributed by atoms with E-state index in [0.29, 0.717) is 12.8 Å². The fourth-order valence-electron chi connectivity index (χ4n) is 3.32. The minimum Gasteiger partial charge on any atom is -0.390 e. The average molecular weight is 423 g/mol. The largest absolute Gasteiger partial charge is 0.390 e. The van der Waals surface area contributed by atoms with Crippen LogP contribution in [-0.4, -0.2) is 60.6 Å². The van der Waals surface area contributed by atoms with Gasteiger partial charge in [0, 0.05) is 10.8 Å². The van der Waals surface area contributed by atoms with Crippen LogP contribution in [0, 0.1) is 0 Å². The molecule has 28 heavy (non-hydrogen) atoms. The maximum Gasteiger partial charge on any atom is 0.0914 e. The zero-order valence-corrected chi connectivity index (χ0v) is 19.0. The molecule has 0 heterocycles. The summed E-state index contributed by atoms with van der Waals surface area (Å²) in [7, 11) is -1.46. The molecular formula is C22H46O5S. The predicted molar refractivity (Wildman–Crippen MR) is 118 cm³/mol. The summed E-state index contributed by atoms with van der Waals surface area (Å²) in [5.74, 6) is -0.115. The van der Waals surface area contributed by atoms with E-state index in [1.807, 2.05) is 0 Å². The molecule has 6 heteroatoms. The minimum absolute atomic E-state index is 0.0577. The molecule has 0 aromatic rings. The first-order valence-electron chi connectivity index (χ1n) is 11.5. The summed E-state index contributed by atoms with van der Waals surface area (Å²) in [5.41, 5.74) is 0. The molecule has 5 nitrogen and oxygen atoms in total. The van der Waals surface area contributed by atoms with E-state index in [1.54, 1.807) is 0 Å². The number of unbranched alkanes of at least 4 members (excludes halogenated alkanes) is 10. The lowest BCUT2D eigenvalue weighted by Crippen LogP contribution is -2.36. The van der Waals surface area contributed by atoms with Gasteiger partial charge in [0.05, 0.1) is 35.9 Å². The molecular weight excluding hydrogens is 376 g/mol. The van der Waals surface area contributed by atoms with Crippen LogP contribution in [-0.2, 0) is 10.8 Å². The molecule has 0 aliphatic heterocycles. The van der Waals surface area contributed by atoms with E-state index >= 15 is 0 Å². The van der Waals surface area contributed by atoms with E-state index in [9.17, 15) is 24.6 Å². The third-order valence-electron chi connectivity index (χ3n) is 5.31. The highest BCUT2D eigenvalue weighted by atomic mass is 32.2. The Morgan fingerprint density at radius 2 is 0.857 bits per heavy atom. The van der Waals surface area contributed by atoms with Crippen molar-refractivity contribution in [3.63, 3.8) is 0 Å². The fraction of sp³-hybridized carbons (Fsp3) is 1.00. The standard InChI is InChI=1S/C22H46O5S/c1-3-5-7-9-11-13-15-19(23)21(25)17-28(27)18-22(26)20(24)16-14-12-10-8-6-4-2/h19-26H,3-18H2,1-2H3. The van der Waals surface area contributed by atoms with E-state index in [0.717, 1.165) is 38.5 Å². The van der Waals surface area contributed by atoms with Crippen molar-refractivity contribution in [3.8, 4) is 0 Å². The number of aliphatic hydroxyl groups excluding tert-OH is 4. The molecule has 0 saturated carbocycles. The Morgan fingerprint density at radius 1 is 0.536 bits per heavy atom. The van der Waals surface area contributed by atoms with Gasteiger partial charge in [-0.3, -0.25) is 4.21 Å². The fourth-order valence-corrected chi connectivity index (χ4v) is 4.67. The van der Waals surface area contributed by atoms with Crippen molar-refractivity contribution in [1.82, 2.24) is 0 Å². The second-order valence-corrected chi connectivity index (χ2v) is 9.70. The van der Waals surface area contributed by atoms with Crippen LogP contribution in [0.2, 0.25) is 0 Å². The van der Waals surface area contributed by atoms with Crippen LogP contribution in [0.4, 0.5) is 0 Å². The minimum atomic E-state index is -1.46. The summed E-state index contributed by atoms with van der Waals surface area (Å²) in [6.45, 7) is 4.34. The van der Waals surface area contributed by atoms with E-state index in [-0.39, 0.29) is 11.5 Å². The van der Waals surface area contributed by atoms with Crippen LogP contribution >= 0.6 is 0 Å². The summed E-state index contributed by atoms with van der Waals surface area (Å²) in [4.78, 5) is 0. The summed E-state index contributed by atoms with van der Waals surface area (Å²) < 4.78 is 12.1. The predicted octanol–water partition coefficient (Wildman–Crippen LogP) is 3.68. The van der Waals surface area contributed by atoms with Crippen LogP contribution in [0.1, 0.15) is 104 Å². The number of aliphatic hydroxyl groups is 4. The quantitative estimate of drug-likeness (QED) is 0.224. The van der Waals surface area contributed by atoms with Crippen LogP contribution in [0.25, 0.3) is 0 Å². The lowest BCUT2D eigenvalue weighted by atomic mass is 10.0. The van der Waals surface area contributed by atoms with Gasteiger partial charge in [0.25, 0.3) is 0 Å². The highest BCUT2D eigenvalue weighted by molar-refractivity contribution is 7.85. The molecule has 0 radical (unpaired) electrons. The number of hydrogen-bond donors (Lipinski definition) is 4. The van der Waals surface area contributed by atoms with E-state index in [4.69, 9.17) is 0 Å². The topological polar surface area (TPSA) is 98.0 Å². The van der Waals surface area contributed by atoms with Gasteiger partial charge in [-0.15, -0.1) is 0 Å². The van der Waals surface area contributed by atoms with Gasteiger partial charge in [0.2, 0.25) is 0 Å². The molecule has 0 aliphatic carbocycles. The molecule has 0 rings (SSSR count). The van der Waals surface area contributed by atoms with E-state index in [2.05, 4.69) is 13.8 Å². The summed E-state index contributed by atoms with van der Waals surface area (Å²) in [6.07, 6.45) is 10.5. The van der Waals surface area contributed by atoms with Crippen LogP contribution in [0.3, 0.4) is 0 Å². The summed E-state index contributed by atoms with van der Waals surface area (Å²) in [5, 5.41) is 40.1. The zero-order chi connectivity index (χ0) is 21.2. The molecule has 0 bridgehead atoms. The van der Waals surface area contributed by atoms with Gasteiger partial charge in [0.1, 0.15) is 0 Å². The molecule has 0 aromatic heterocycles. The van der Waals surface area contributed by atoms with Crippen molar-refractivity contribution in [2.75, 3.05) is 11.5 Å². The monoisotopic (exact) mass is 422 g/mol. The molecule has 4 atom stereocenters. The van der Waals surface area contributed by atoms with Gasteiger partial charge in [-0.05, 0) is 12.8 Å². The van der Waals surface area contributed by atoms with Gasteiger partial charge in [-0.2, -0.15) is 0 Å². The lowest BCUT2D eigenvalue weighted by Gasteiger charge is -2.20. The average Bonchev–Trinajstić information content (AvgIpc) is 2.66. The molecule has 0 amide bonds. The Bertz CT molecular complexity index is 335. The van der Waals surface area contributed by atoms with Gasteiger partial charge in [0.15, 0.2) is 0 Å². The number of hydrogen-bond acceptors (Lipinski definition) is 5. The first-order chi connectivity index (χ1) is 13.4. The molecule has 0 aromatic carbocycles. The van der Waals surface area contributed by atoms with Gasteiger partial charge < -0.3 is 20.4 Å². The second kappa shape index (κ2) is 19.0. The van der Waals surface area contributed by atoms with Crippen molar-refractivity contribution < 1.29 is 24.6 Å². The maximum atomic E-state index is 12.1. The van der Waals surface area contributed by atoms with Crippen LogP contribution < -0.4 is 0 Å². The molecule has 0 spiro atoms. The third-order valence-corrected chi connectivity index (χ3v) is 6.74. The smallest absolute Gasteiger partial charge is 0.0914 e. The Morgan fingerprint density at radius 3 is 1.21 bits per heavy atom. The van der Waals surface area contributed by atoms with Crippen molar-refractivity contribution in [1.29, 1.82) is 0 Å². The first-order valence-corrected chi connectivity index (χ1v) is 13.0. The Balaban J connectivity index is 3.87. The van der Waals surface area contributed by atoms with Crippen LogP contribution in [0.5, 0.6) is 0 Å². The molecule has 0 aliphatic rings. The lowest BCUT2D eigenvalue weighted by molar-refractivity contribution is 0.0233. The molecule has 0 saturated heterocycles. The molecule has 4 N–H and O–H groups in total. The summed E-state index contributed by atoms with van der Waals surface area (Å²) >= 11 is 0. The van der Waals surface area contributed by atoms with Crippen LogP contribution in [0.15, 0.2) is 0 Å². The van der Waals surface area contributed by atoms with E-state index in [1.165, 1.54) is 38.5 Å². The maximum absolute atomic E-state index is 12.1. The highest BCUT2D eigenvalue weighted by Gasteiger charge is 2.23. The summed E-state index contributed by atoms with van der Waals surface area (Å²) in [6, 6.07) is 0. The van der Waals surface area contributed by atoms with Crippen molar-refractivity contribution in [2.45, 2.75) is 128 Å². The van der Waals surface area contributed by atoms with Gasteiger partial charge >= 0.3 is 0 Å². The van der Waals surface area contributed by atoms with Gasteiger partial charge in [-0.1, -0.05) is 90.9 Å². The first kappa shape index (κ1) is 28.0. The SMILES string of the molecule is CCCCCCCCC(O)C(O)CS(=O)CC(O)C(O)CCCCCCCC. The third kappa shape index (κ3) is 15.9. The van der Waals surface area contributed by atoms with Crippen molar-refractivity contribution in [2.24, 2.45) is 0 Å².